The maximum atomic E-state index is 5.01. The number of nitrogens with zero attached hydrogens (tertiary/aromatic N) is 2. The second-order valence-corrected chi connectivity index (χ2v) is 6.11. The molecule has 1 N–H and O–H groups in total. The molecule has 0 spiro atoms. The van der Waals surface area contributed by atoms with Crippen molar-refractivity contribution in [2.24, 2.45) is 5.92 Å². The van der Waals surface area contributed by atoms with Gasteiger partial charge in [-0.1, -0.05) is 0 Å². The largest absolute Gasteiger partial charge is 0.383 e. The number of hydrogen-bond acceptors (Lipinski definition) is 5. The molecular weight excluding hydrogens is 246 g/mol. The van der Waals surface area contributed by atoms with Gasteiger partial charge in [-0.15, -0.1) is 11.3 Å². The van der Waals surface area contributed by atoms with Crippen molar-refractivity contribution in [3.05, 3.63) is 11.1 Å². The maximum absolute atomic E-state index is 5.01. The zero-order valence-corrected chi connectivity index (χ0v) is 11.7. The first kappa shape index (κ1) is 12.4. The number of thiazole rings is 1. The van der Waals surface area contributed by atoms with Crippen molar-refractivity contribution in [3.63, 3.8) is 0 Å². The minimum Gasteiger partial charge on any atom is -0.383 e. The monoisotopic (exact) mass is 267 g/mol. The first-order chi connectivity index (χ1) is 8.86. The number of anilines is 1. The van der Waals surface area contributed by atoms with E-state index < -0.39 is 0 Å². The Morgan fingerprint density at radius 1 is 1.56 bits per heavy atom. The molecule has 2 heterocycles. The third-order valence-electron chi connectivity index (χ3n) is 3.98. The van der Waals surface area contributed by atoms with Crippen molar-refractivity contribution in [1.29, 1.82) is 0 Å². The first-order valence-corrected chi connectivity index (χ1v) is 7.65. The van der Waals surface area contributed by atoms with Gasteiger partial charge in [0.1, 0.15) is 0 Å². The summed E-state index contributed by atoms with van der Waals surface area (Å²) in [6, 6.07) is 0.774. The molecule has 1 aliphatic heterocycles. The van der Waals surface area contributed by atoms with Gasteiger partial charge in [-0.2, -0.15) is 0 Å². The molecule has 0 radical (unpaired) electrons. The van der Waals surface area contributed by atoms with Crippen LogP contribution < -0.4 is 10.2 Å². The molecule has 100 valence electrons. The van der Waals surface area contributed by atoms with Gasteiger partial charge >= 0.3 is 0 Å². The van der Waals surface area contributed by atoms with Crippen LogP contribution >= 0.6 is 11.3 Å². The van der Waals surface area contributed by atoms with Gasteiger partial charge < -0.3 is 15.0 Å². The van der Waals surface area contributed by atoms with Crippen LogP contribution in [0.15, 0.2) is 5.38 Å². The molecule has 2 atom stereocenters. The molecule has 5 heteroatoms. The summed E-state index contributed by atoms with van der Waals surface area (Å²) in [5, 5.41) is 6.75. The molecule has 1 aromatic heterocycles. The lowest BCUT2D eigenvalue weighted by molar-refractivity contribution is 0.199. The van der Waals surface area contributed by atoms with E-state index in [-0.39, 0.29) is 0 Å². The molecule has 1 aromatic rings. The molecule has 1 saturated carbocycles. The fraction of sp³-hybridized carbons (Fsp3) is 0.769. The Hall–Kier alpha value is -0.650. The van der Waals surface area contributed by atoms with Gasteiger partial charge in [0.05, 0.1) is 12.3 Å². The standard InChI is InChI=1S/C13H21N3OS/c1-17-5-4-14-7-11-9-18-13(15-11)16-8-10-2-3-12(16)6-10/h9-10,12,14H,2-8H2,1H3. The van der Waals surface area contributed by atoms with E-state index in [0.29, 0.717) is 0 Å². The molecule has 0 aromatic carbocycles. The minimum atomic E-state index is 0.757. The van der Waals surface area contributed by atoms with Gasteiger partial charge in [-0.05, 0) is 25.2 Å². The van der Waals surface area contributed by atoms with Crippen molar-refractivity contribution >= 4 is 16.5 Å². The summed E-state index contributed by atoms with van der Waals surface area (Å²) in [5.74, 6) is 0.933. The number of fused-ring (bicyclic) bond motifs is 2. The van der Waals surface area contributed by atoms with E-state index in [1.165, 1.54) is 30.9 Å². The number of piperidine rings is 1. The molecule has 2 aliphatic rings. The molecule has 2 unspecified atom stereocenters. The van der Waals surface area contributed by atoms with Crippen LogP contribution in [0.5, 0.6) is 0 Å². The Balaban J connectivity index is 1.53. The normalized spacial score (nSPS) is 26.2. The van der Waals surface area contributed by atoms with Gasteiger partial charge in [0.15, 0.2) is 5.13 Å². The summed E-state index contributed by atoms with van der Waals surface area (Å²) in [4.78, 5) is 7.28. The summed E-state index contributed by atoms with van der Waals surface area (Å²) in [5.41, 5.74) is 1.16. The van der Waals surface area contributed by atoms with E-state index in [4.69, 9.17) is 9.72 Å². The second kappa shape index (κ2) is 5.55. The number of aromatic nitrogens is 1. The Kier molecular flexibility index (Phi) is 3.82. The number of hydrogen-bond donors (Lipinski definition) is 1. The summed E-state index contributed by atoms with van der Waals surface area (Å²) in [7, 11) is 1.73. The third-order valence-corrected chi connectivity index (χ3v) is 4.91. The highest BCUT2D eigenvalue weighted by atomic mass is 32.1. The van der Waals surface area contributed by atoms with Gasteiger partial charge in [-0.3, -0.25) is 0 Å². The molecule has 3 rings (SSSR count). The number of rotatable bonds is 6. The van der Waals surface area contributed by atoms with Crippen LogP contribution in [-0.2, 0) is 11.3 Å². The fourth-order valence-electron chi connectivity index (χ4n) is 3.06. The molecule has 2 bridgehead atoms. The van der Waals surface area contributed by atoms with E-state index in [1.807, 2.05) is 0 Å². The zero-order valence-electron chi connectivity index (χ0n) is 10.9. The van der Waals surface area contributed by atoms with Crippen LogP contribution in [-0.4, -0.2) is 37.8 Å². The number of methoxy groups -OCH3 is 1. The Labute approximate surface area is 112 Å². The first-order valence-electron chi connectivity index (χ1n) is 6.77. The van der Waals surface area contributed by atoms with Gasteiger partial charge in [0.2, 0.25) is 0 Å². The quantitative estimate of drug-likeness (QED) is 0.799. The van der Waals surface area contributed by atoms with Crippen LogP contribution in [0, 0.1) is 5.92 Å². The van der Waals surface area contributed by atoms with Crippen LogP contribution in [0.4, 0.5) is 5.13 Å². The highest BCUT2D eigenvalue weighted by molar-refractivity contribution is 7.13. The molecule has 1 aliphatic carbocycles. The van der Waals surface area contributed by atoms with Crippen molar-refractivity contribution in [3.8, 4) is 0 Å². The van der Waals surface area contributed by atoms with Crippen LogP contribution in [0.25, 0.3) is 0 Å². The lowest BCUT2D eigenvalue weighted by Gasteiger charge is -2.26. The maximum Gasteiger partial charge on any atom is 0.185 e. The van der Waals surface area contributed by atoms with E-state index >= 15 is 0 Å². The molecule has 0 amide bonds. The lowest BCUT2D eigenvalue weighted by Crippen LogP contribution is -2.31. The van der Waals surface area contributed by atoms with E-state index in [1.54, 1.807) is 18.4 Å². The van der Waals surface area contributed by atoms with Gasteiger partial charge in [0.25, 0.3) is 0 Å². The summed E-state index contributed by atoms with van der Waals surface area (Å²) < 4.78 is 5.01. The average Bonchev–Trinajstić information content (AvgIpc) is 3.09. The fourth-order valence-corrected chi connectivity index (χ4v) is 3.97. The highest BCUT2D eigenvalue weighted by Crippen LogP contribution is 2.40. The minimum absolute atomic E-state index is 0.757. The average molecular weight is 267 g/mol. The Morgan fingerprint density at radius 2 is 2.50 bits per heavy atom. The highest BCUT2D eigenvalue weighted by Gasteiger charge is 2.38. The van der Waals surface area contributed by atoms with Crippen LogP contribution in [0.3, 0.4) is 0 Å². The second-order valence-electron chi connectivity index (χ2n) is 5.28. The third kappa shape index (κ3) is 2.53. The Bertz CT molecular complexity index is 395. The van der Waals surface area contributed by atoms with E-state index in [0.717, 1.165) is 37.4 Å². The predicted molar refractivity (Wildman–Crippen MR) is 74.2 cm³/mol. The predicted octanol–water partition coefficient (Wildman–Crippen LogP) is 1.87. The molecule has 1 saturated heterocycles. The molecule has 2 fully saturated rings. The van der Waals surface area contributed by atoms with Crippen molar-refractivity contribution in [2.75, 3.05) is 31.7 Å². The Morgan fingerprint density at radius 3 is 3.22 bits per heavy atom. The van der Waals surface area contributed by atoms with Gasteiger partial charge in [0, 0.05) is 38.2 Å². The molecule has 4 nitrogen and oxygen atoms in total. The number of nitrogens with one attached hydrogen (secondary N) is 1. The van der Waals surface area contributed by atoms with E-state index in [2.05, 4.69) is 15.6 Å². The summed E-state index contributed by atoms with van der Waals surface area (Å²) in [6.45, 7) is 3.72. The van der Waals surface area contributed by atoms with Crippen molar-refractivity contribution in [2.45, 2.75) is 31.8 Å². The van der Waals surface area contributed by atoms with Gasteiger partial charge in [-0.25, -0.2) is 4.98 Å². The smallest absolute Gasteiger partial charge is 0.185 e. The topological polar surface area (TPSA) is 37.4 Å². The van der Waals surface area contributed by atoms with Crippen molar-refractivity contribution < 1.29 is 4.74 Å². The van der Waals surface area contributed by atoms with Crippen LogP contribution in [0.1, 0.15) is 25.0 Å². The SMILES string of the molecule is COCCNCc1csc(N2CC3CCC2C3)n1. The van der Waals surface area contributed by atoms with E-state index in [9.17, 15) is 0 Å². The van der Waals surface area contributed by atoms with Crippen LogP contribution in [0.2, 0.25) is 0 Å². The summed E-state index contributed by atoms with van der Waals surface area (Å²) >= 11 is 1.79. The number of ether oxygens (including phenoxy) is 1. The molecule has 18 heavy (non-hydrogen) atoms. The lowest BCUT2D eigenvalue weighted by atomic mass is 10.1. The summed E-state index contributed by atoms with van der Waals surface area (Å²) in [6.07, 6.45) is 4.19. The zero-order chi connectivity index (χ0) is 12.4. The van der Waals surface area contributed by atoms with Crippen molar-refractivity contribution in [1.82, 2.24) is 10.3 Å². The molecular formula is C13H21N3OS.